The number of hydrogen-bond donors (Lipinski definition) is 1. The van der Waals surface area contributed by atoms with Gasteiger partial charge in [0.25, 0.3) is 5.91 Å². The Morgan fingerprint density at radius 1 is 1.13 bits per heavy atom. The van der Waals surface area contributed by atoms with Gasteiger partial charge in [-0.15, -0.1) is 0 Å². The first-order chi connectivity index (χ1) is 14.6. The normalized spacial score (nSPS) is 11.3. The van der Waals surface area contributed by atoms with Crippen molar-refractivity contribution in [3.63, 3.8) is 0 Å². The fourth-order valence-corrected chi connectivity index (χ4v) is 3.00. The van der Waals surface area contributed by atoms with Crippen molar-refractivity contribution in [2.24, 2.45) is 0 Å². The van der Waals surface area contributed by atoms with Gasteiger partial charge in [0, 0.05) is 34.8 Å². The molecule has 0 bridgehead atoms. The van der Waals surface area contributed by atoms with Gasteiger partial charge in [0.05, 0.1) is 23.1 Å². The molecule has 0 radical (unpaired) electrons. The van der Waals surface area contributed by atoms with Gasteiger partial charge in [-0.3, -0.25) is 19.7 Å². The average molecular weight is 425 g/mol. The standard InChI is InChI=1S/C22H18F3N5O/c1-12(2)20-15(9-26)6-16(10-29-20)18-8-17(11-28-13(18)3)30-21(31)14-4-5-27-19(7-14)22(23,24)25/h4-8,10-12H,1-3H3,(H,30,31). The number of aryl methyl sites for hydroxylation is 1. The first kappa shape index (κ1) is 21.9. The number of aromatic nitrogens is 3. The molecule has 158 valence electrons. The molecule has 0 aromatic carbocycles. The molecule has 9 heteroatoms. The van der Waals surface area contributed by atoms with Crippen molar-refractivity contribution < 1.29 is 18.0 Å². The van der Waals surface area contributed by atoms with Crippen LogP contribution in [-0.4, -0.2) is 20.9 Å². The first-order valence-corrected chi connectivity index (χ1v) is 9.31. The van der Waals surface area contributed by atoms with Gasteiger partial charge in [0.2, 0.25) is 0 Å². The Hall–Kier alpha value is -3.80. The topological polar surface area (TPSA) is 91.6 Å². The smallest absolute Gasteiger partial charge is 0.321 e. The molecule has 3 rings (SSSR count). The van der Waals surface area contributed by atoms with E-state index in [1.165, 1.54) is 12.3 Å². The quantitative estimate of drug-likeness (QED) is 0.627. The number of rotatable bonds is 4. The van der Waals surface area contributed by atoms with Crippen molar-refractivity contribution in [1.82, 2.24) is 15.0 Å². The number of pyridine rings is 3. The summed E-state index contributed by atoms with van der Waals surface area (Å²) in [5, 5.41) is 12.0. The van der Waals surface area contributed by atoms with Crippen LogP contribution in [0.5, 0.6) is 0 Å². The van der Waals surface area contributed by atoms with Gasteiger partial charge < -0.3 is 5.32 Å². The number of nitrogens with one attached hydrogen (secondary N) is 1. The van der Waals surface area contributed by atoms with Gasteiger partial charge in [-0.25, -0.2) is 0 Å². The van der Waals surface area contributed by atoms with Gasteiger partial charge in [-0.05, 0) is 37.1 Å². The van der Waals surface area contributed by atoms with E-state index in [0.29, 0.717) is 39.8 Å². The lowest BCUT2D eigenvalue weighted by Crippen LogP contribution is -2.15. The highest BCUT2D eigenvalue weighted by atomic mass is 19.4. The molecule has 0 saturated carbocycles. The third-order valence-corrected chi connectivity index (χ3v) is 4.55. The monoisotopic (exact) mass is 425 g/mol. The van der Waals surface area contributed by atoms with E-state index in [4.69, 9.17) is 0 Å². The SMILES string of the molecule is Cc1ncc(NC(=O)c2ccnc(C(F)(F)F)c2)cc1-c1cnc(C(C)C)c(C#N)c1. The number of hydrogen-bond acceptors (Lipinski definition) is 5. The number of anilines is 1. The van der Waals surface area contributed by atoms with Crippen molar-refractivity contribution in [3.05, 3.63) is 71.1 Å². The summed E-state index contributed by atoms with van der Waals surface area (Å²) in [5.41, 5.74) is 2.01. The summed E-state index contributed by atoms with van der Waals surface area (Å²) in [6.45, 7) is 5.64. The molecule has 1 amide bonds. The fourth-order valence-electron chi connectivity index (χ4n) is 3.00. The third-order valence-electron chi connectivity index (χ3n) is 4.55. The van der Waals surface area contributed by atoms with Gasteiger partial charge in [0.15, 0.2) is 0 Å². The molecular weight excluding hydrogens is 407 g/mol. The molecule has 3 heterocycles. The average Bonchev–Trinajstić information content (AvgIpc) is 2.74. The van der Waals surface area contributed by atoms with Crippen molar-refractivity contribution in [1.29, 1.82) is 5.26 Å². The summed E-state index contributed by atoms with van der Waals surface area (Å²) in [6, 6.07) is 7.37. The highest BCUT2D eigenvalue weighted by molar-refractivity contribution is 6.04. The number of nitriles is 1. The molecule has 0 atom stereocenters. The molecule has 0 aliphatic heterocycles. The van der Waals surface area contributed by atoms with E-state index in [0.717, 1.165) is 6.20 Å². The summed E-state index contributed by atoms with van der Waals surface area (Å²) >= 11 is 0. The summed E-state index contributed by atoms with van der Waals surface area (Å²) < 4.78 is 38.6. The summed E-state index contributed by atoms with van der Waals surface area (Å²) in [5.74, 6) is -0.647. The lowest BCUT2D eigenvalue weighted by molar-refractivity contribution is -0.141. The highest BCUT2D eigenvalue weighted by Gasteiger charge is 2.33. The first-order valence-electron chi connectivity index (χ1n) is 9.31. The van der Waals surface area contributed by atoms with Crippen molar-refractivity contribution in [3.8, 4) is 17.2 Å². The maximum Gasteiger partial charge on any atom is 0.433 e. The Kier molecular flexibility index (Phi) is 6.02. The predicted molar refractivity (Wildman–Crippen MR) is 108 cm³/mol. The van der Waals surface area contributed by atoms with Crippen LogP contribution in [0.1, 0.15) is 52.8 Å². The second-order valence-corrected chi connectivity index (χ2v) is 7.16. The number of amides is 1. The van der Waals surface area contributed by atoms with E-state index in [1.807, 2.05) is 13.8 Å². The molecule has 3 aromatic rings. The molecule has 0 spiro atoms. The van der Waals surface area contributed by atoms with Gasteiger partial charge in [0.1, 0.15) is 11.8 Å². The molecule has 3 aromatic heterocycles. The van der Waals surface area contributed by atoms with E-state index in [1.54, 1.807) is 25.3 Å². The molecule has 0 unspecified atom stereocenters. The van der Waals surface area contributed by atoms with E-state index in [2.05, 4.69) is 26.3 Å². The van der Waals surface area contributed by atoms with E-state index < -0.39 is 17.8 Å². The minimum Gasteiger partial charge on any atom is -0.321 e. The van der Waals surface area contributed by atoms with Gasteiger partial charge in [-0.2, -0.15) is 18.4 Å². The van der Waals surface area contributed by atoms with Crippen LogP contribution in [-0.2, 0) is 6.18 Å². The second-order valence-electron chi connectivity index (χ2n) is 7.16. The van der Waals surface area contributed by atoms with Crippen molar-refractivity contribution >= 4 is 11.6 Å². The Labute approximate surface area is 176 Å². The minimum atomic E-state index is -4.65. The van der Waals surface area contributed by atoms with Crippen LogP contribution in [0.15, 0.2) is 42.9 Å². The highest BCUT2D eigenvalue weighted by Crippen LogP contribution is 2.29. The lowest BCUT2D eigenvalue weighted by Gasteiger charge is -2.12. The van der Waals surface area contributed by atoms with Gasteiger partial charge in [-0.1, -0.05) is 13.8 Å². The van der Waals surface area contributed by atoms with E-state index in [9.17, 15) is 23.2 Å². The number of alkyl halides is 3. The minimum absolute atomic E-state index is 0.0792. The summed E-state index contributed by atoms with van der Waals surface area (Å²) in [6.07, 6.45) is -0.682. The number of carbonyl (C=O) groups excluding carboxylic acids is 1. The molecule has 0 fully saturated rings. The molecule has 0 aliphatic rings. The number of halogens is 3. The second kappa shape index (κ2) is 8.52. The van der Waals surface area contributed by atoms with Crippen LogP contribution in [0, 0.1) is 18.3 Å². The molecule has 31 heavy (non-hydrogen) atoms. The van der Waals surface area contributed by atoms with Crippen molar-refractivity contribution in [2.45, 2.75) is 32.9 Å². The van der Waals surface area contributed by atoms with E-state index >= 15 is 0 Å². The van der Waals surface area contributed by atoms with Crippen LogP contribution in [0.25, 0.3) is 11.1 Å². The Morgan fingerprint density at radius 3 is 2.52 bits per heavy atom. The number of carbonyl (C=O) groups is 1. The van der Waals surface area contributed by atoms with Gasteiger partial charge >= 0.3 is 6.18 Å². The zero-order valence-corrected chi connectivity index (χ0v) is 16.9. The molecule has 0 saturated heterocycles. The van der Waals surface area contributed by atoms with Crippen LogP contribution in [0.2, 0.25) is 0 Å². The largest absolute Gasteiger partial charge is 0.433 e. The molecule has 0 aliphatic carbocycles. The fraction of sp³-hybridized carbons (Fsp3) is 0.227. The molecule has 1 N–H and O–H groups in total. The Morgan fingerprint density at radius 2 is 1.87 bits per heavy atom. The van der Waals surface area contributed by atoms with Crippen LogP contribution >= 0.6 is 0 Å². The van der Waals surface area contributed by atoms with Crippen LogP contribution < -0.4 is 5.32 Å². The van der Waals surface area contributed by atoms with Crippen molar-refractivity contribution in [2.75, 3.05) is 5.32 Å². The lowest BCUT2D eigenvalue weighted by atomic mass is 9.99. The maximum atomic E-state index is 12.9. The Bertz CT molecular complexity index is 1180. The predicted octanol–water partition coefficient (Wildman–Crippen LogP) is 5.11. The maximum absolute atomic E-state index is 12.9. The molecular formula is C22H18F3N5O. The third kappa shape index (κ3) is 4.86. The van der Waals surface area contributed by atoms with E-state index in [-0.39, 0.29) is 11.5 Å². The summed E-state index contributed by atoms with van der Waals surface area (Å²) in [4.78, 5) is 24.3. The summed E-state index contributed by atoms with van der Waals surface area (Å²) in [7, 11) is 0. The molecule has 6 nitrogen and oxygen atoms in total. The zero-order chi connectivity index (χ0) is 22.8. The Balaban J connectivity index is 1.92. The zero-order valence-electron chi connectivity index (χ0n) is 16.9. The van der Waals surface area contributed by atoms with Crippen LogP contribution in [0.3, 0.4) is 0 Å². The number of nitrogens with zero attached hydrogens (tertiary/aromatic N) is 4. The van der Waals surface area contributed by atoms with Crippen LogP contribution in [0.4, 0.5) is 18.9 Å².